The molecule has 0 aliphatic heterocycles. The van der Waals surface area contributed by atoms with E-state index in [9.17, 15) is 9.90 Å². The third-order valence-corrected chi connectivity index (χ3v) is 3.98. The van der Waals surface area contributed by atoms with E-state index in [0.29, 0.717) is 10.6 Å². The largest absolute Gasteiger partial charge is 0.508 e. The van der Waals surface area contributed by atoms with E-state index < -0.39 is 12.1 Å². The van der Waals surface area contributed by atoms with Crippen molar-refractivity contribution in [3.05, 3.63) is 76.8 Å². The van der Waals surface area contributed by atoms with Crippen LogP contribution in [0.25, 0.3) is 10.8 Å². The Morgan fingerprint density at radius 2 is 1.74 bits per heavy atom. The quantitative estimate of drug-likeness (QED) is 0.681. The van der Waals surface area contributed by atoms with E-state index in [1.165, 1.54) is 0 Å². The first-order chi connectivity index (χ1) is 11.1. The van der Waals surface area contributed by atoms with Gasteiger partial charge >= 0.3 is 6.03 Å². The summed E-state index contributed by atoms with van der Waals surface area (Å²) in [6.45, 7) is 0. The van der Waals surface area contributed by atoms with Crippen LogP contribution in [0.4, 0.5) is 4.79 Å². The molecule has 0 spiro atoms. The first kappa shape index (κ1) is 15.2. The summed E-state index contributed by atoms with van der Waals surface area (Å²) in [5.74, 6) is 0.0948. The molecule has 0 aliphatic rings. The van der Waals surface area contributed by atoms with Gasteiger partial charge in [-0.3, -0.25) is 0 Å². The van der Waals surface area contributed by atoms with Gasteiger partial charge in [0.25, 0.3) is 0 Å². The highest BCUT2D eigenvalue weighted by Crippen LogP contribution is 2.36. The molecule has 0 saturated heterocycles. The first-order valence-electron chi connectivity index (χ1n) is 7.08. The first-order valence-corrected chi connectivity index (χ1v) is 7.46. The van der Waals surface area contributed by atoms with Gasteiger partial charge in [-0.25, -0.2) is 4.79 Å². The van der Waals surface area contributed by atoms with Crippen LogP contribution in [0.1, 0.15) is 17.2 Å². The molecule has 1 atom stereocenters. The number of urea groups is 1. The van der Waals surface area contributed by atoms with Crippen LogP contribution in [-0.4, -0.2) is 11.1 Å². The van der Waals surface area contributed by atoms with Crippen molar-refractivity contribution in [2.45, 2.75) is 6.04 Å². The van der Waals surface area contributed by atoms with Gasteiger partial charge < -0.3 is 16.2 Å². The lowest BCUT2D eigenvalue weighted by molar-refractivity contribution is 0.247. The molecule has 0 bridgehead atoms. The monoisotopic (exact) mass is 326 g/mol. The predicted molar refractivity (Wildman–Crippen MR) is 91.6 cm³/mol. The number of benzene rings is 3. The molecule has 0 radical (unpaired) electrons. The number of amides is 2. The fourth-order valence-electron chi connectivity index (χ4n) is 2.71. The number of aromatic hydroxyl groups is 1. The number of primary amides is 1. The number of nitrogens with two attached hydrogens (primary N) is 1. The molecule has 116 valence electrons. The van der Waals surface area contributed by atoms with Gasteiger partial charge in [0, 0.05) is 10.6 Å². The molecule has 0 aliphatic carbocycles. The Balaban J connectivity index is 2.22. The van der Waals surface area contributed by atoms with E-state index in [2.05, 4.69) is 5.32 Å². The van der Waals surface area contributed by atoms with Crippen LogP contribution in [0.2, 0.25) is 5.02 Å². The smallest absolute Gasteiger partial charge is 0.312 e. The Bertz CT molecular complexity index is 863. The Hall–Kier alpha value is -2.72. The van der Waals surface area contributed by atoms with Crippen molar-refractivity contribution in [3.8, 4) is 5.75 Å². The maximum absolute atomic E-state index is 11.5. The number of phenolic OH excluding ortho intramolecular Hbond substituents is 1. The normalized spacial score (nSPS) is 12.0. The number of hydrogen-bond acceptors (Lipinski definition) is 2. The summed E-state index contributed by atoms with van der Waals surface area (Å²) >= 11 is 5.93. The van der Waals surface area contributed by atoms with Crippen molar-refractivity contribution in [1.82, 2.24) is 5.32 Å². The molecule has 0 saturated carbocycles. The van der Waals surface area contributed by atoms with E-state index in [1.54, 1.807) is 30.3 Å². The highest BCUT2D eigenvalue weighted by Gasteiger charge is 2.21. The molecule has 4 nitrogen and oxygen atoms in total. The number of carbonyl (C=O) groups excluding carboxylic acids is 1. The fourth-order valence-corrected chi connectivity index (χ4v) is 2.83. The van der Waals surface area contributed by atoms with Crippen molar-refractivity contribution >= 4 is 28.4 Å². The van der Waals surface area contributed by atoms with Crippen molar-refractivity contribution in [2.75, 3.05) is 0 Å². The van der Waals surface area contributed by atoms with Gasteiger partial charge in [0.2, 0.25) is 0 Å². The molecule has 0 aromatic heterocycles. The minimum atomic E-state index is -0.669. The third kappa shape index (κ3) is 3.07. The summed E-state index contributed by atoms with van der Waals surface area (Å²) in [6, 6.07) is 16.9. The molecular weight excluding hydrogens is 312 g/mol. The van der Waals surface area contributed by atoms with E-state index in [0.717, 1.165) is 16.3 Å². The van der Waals surface area contributed by atoms with Crippen molar-refractivity contribution < 1.29 is 9.90 Å². The Morgan fingerprint density at radius 3 is 2.43 bits per heavy atom. The summed E-state index contributed by atoms with van der Waals surface area (Å²) < 4.78 is 0. The predicted octanol–water partition coefficient (Wildman–Crippen LogP) is 3.96. The molecule has 3 aromatic rings. The lowest BCUT2D eigenvalue weighted by atomic mass is 9.93. The summed E-state index contributed by atoms with van der Waals surface area (Å²) in [4.78, 5) is 11.5. The molecular formula is C18H15ClN2O2. The van der Waals surface area contributed by atoms with Gasteiger partial charge in [-0.05, 0) is 34.5 Å². The summed E-state index contributed by atoms with van der Waals surface area (Å²) in [5.41, 5.74) is 6.71. The maximum atomic E-state index is 11.5. The zero-order valence-corrected chi connectivity index (χ0v) is 12.9. The second-order valence-electron chi connectivity index (χ2n) is 5.21. The van der Waals surface area contributed by atoms with E-state index in [1.807, 2.05) is 30.3 Å². The number of halogens is 1. The Morgan fingerprint density at radius 1 is 1.04 bits per heavy atom. The van der Waals surface area contributed by atoms with Gasteiger partial charge in [-0.1, -0.05) is 54.1 Å². The van der Waals surface area contributed by atoms with Gasteiger partial charge in [-0.2, -0.15) is 0 Å². The number of carbonyl (C=O) groups is 1. The topological polar surface area (TPSA) is 75.4 Å². The van der Waals surface area contributed by atoms with Crippen LogP contribution in [0.15, 0.2) is 60.7 Å². The molecule has 4 N–H and O–H groups in total. The van der Waals surface area contributed by atoms with Gasteiger partial charge in [0.15, 0.2) is 0 Å². The van der Waals surface area contributed by atoms with Gasteiger partial charge in [0.05, 0.1) is 6.04 Å². The molecule has 23 heavy (non-hydrogen) atoms. The van der Waals surface area contributed by atoms with Crippen LogP contribution >= 0.6 is 11.6 Å². The van der Waals surface area contributed by atoms with Crippen LogP contribution in [0, 0.1) is 0 Å². The van der Waals surface area contributed by atoms with Crippen LogP contribution in [0.5, 0.6) is 5.75 Å². The third-order valence-electron chi connectivity index (χ3n) is 3.73. The van der Waals surface area contributed by atoms with Gasteiger partial charge in [0.1, 0.15) is 5.75 Å². The zero-order chi connectivity index (χ0) is 16.4. The highest BCUT2D eigenvalue weighted by molar-refractivity contribution is 6.30. The number of phenols is 1. The summed E-state index contributed by atoms with van der Waals surface area (Å²) in [6.07, 6.45) is 0. The fraction of sp³-hybridized carbons (Fsp3) is 0.0556. The second-order valence-corrected chi connectivity index (χ2v) is 5.65. The molecule has 0 unspecified atom stereocenters. The van der Waals surface area contributed by atoms with E-state index >= 15 is 0 Å². The lowest BCUT2D eigenvalue weighted by Crippen LogP contribution is -2.34. The lowest BCUT2D eigenvalue weighted by Gasteiger charge is -2.21. The second kappa shape index (κ2) is 6.18. The van der Waals surface area contributed by atoms with Crippen LogP contribution in [0.3, 0.4) is 0 Å². The summed E-state index contributed by atoms with van der Waals surface area (Å²) in [5, 5.41) is 15.5. The van der Waals surface area contributed by atoms with Crippen LogP contribution in [-0.2, 0) is 0 Å². The van der Waals surface area contributed by atoms with Gasteiger partial charge in [-0.15, -0.1) is 0 Å². The average molecular weight is 327 g/mol. The van der Waals surface area contributed by atoms with Crippen molar-refractivity contribution in [1.29, 1.82) is 0 Å². The Labute approximate surface area is 138 Å². The number of rotatable bonds is 3. The molecule has 5 heteroatoms. The number of hydrogen-bond donors (Lipinski definition) is 3. The molecule has 3 rings (SSSR count). The molecule has 3 aromatic carbocycles. The van der Waals surface area contributed by atoms with Crippen LogP contribution < -0.4 is 11.1 Å². The molecule has 0 heterocycles. The molecule has 0 fully saturated rings. The number of fused-ring (bicyclic) bond motifs is 1. The number of nitrogens with one attached hydrogen (secondary N) is 1. The van der Waals surface area contributed by atoms with Crippen molar-refractivity contribution in [3.63, 3.8) is 0 Å². The van der Waals surface area contributed by atoms with Crippen molar-refractivity contribution in [2.24, 2.45) is 5.73 Å². The highest BCUT2D eigenvalue weighted by atomic mass is 35.5. The minimum Gasteiger partial charge on any atom is -0.508 e. The van der Waals surface area contributed by atoms with E-state index in [-0.39, 0.29) is 5.75 Å². The van der Waals surface area contributed by atoms with E-state index in [4.69, 9.17) is 17.3 Å². The zero-order valence-electron chi connectivity index (χ0n) is 12.2. The average Bonchev–Trinajstić information content (AvgIpc) is 2.54. The standard InChI is InChI=1S/C18H15ClN2O2/c19-13-8-5-12(6-9-13)17(21-18(20)23)16-14-4-2-1-3-11(14)7-10-15(16)22/h1-10,17,22H,(H3,20,21,23)/t17-/m1/s1. The Kier molecular flexibility index (Phi) is 4.08. The minimum absolute atomic E-state index is 0.0948. The molecule has 2 amide bonds. The summed E-state index contributed by atoms with van der Waals surface area (Å²) in [7, 11) is 0. The SMILES string of the molecule is NC(=O)N[C@H](c1ccc(Cl)cc1)c1c(O)ccc2ccccc12. The maximum Gasteiger partial charge on any atom is 0.312 e.